The van der Waals surface area contributed by atoms with E-state index in [0.29, 0.717) is 30.2 Å². The molecule has 9 heteroatoms. The highest BCUT2D eigenvalue weighted by molar-refractivity contribution is 7.15. The maximum absolute atomic E-state index is 12.6. The first-order chi connectivity index (χ1) is 13.1. The number of carbonyl (C=O) groups excluding carboxylic acids is 2. The molecule has 27 heavy (non-hydrogen) atoms. The molecule has 4 rings (SSSR count). The van der Waals surface area contributed by atoms with Gasteiger partial charge >= 0.3 is 0 Å². The topological polar surface area (TPSA) is 108 Å². The maximum Gasteiger partial charge on any atom is 0.277 e. The van der Waals surface area contributed by atoms with E-state index >= 15 is 0 Å². The number of carbonyl (C=O) groups is 2. The first-order valence-corrected chi connectivity index (χ1v) is 9.12. The quantitative estimate of drug-likeness (QED) is 0.718. The molecule has 0 radical (unpaired) electrons. The minimum atomic E-state index is -0.449. The molecule has 0 spiro atoms. The molecule has 2 amide bonds. The number of thiazole rings is 1. The van der Waals surface area contributed by atoms with Gasteiger partial charge in [-0.3, -0.25) is 19.7 Å². The Kier molecular flexibility index (Phi) is 4.51. The fourth-order valence-corrected chi connectivity index (χ4v) is 3.84. The van der Waals surface area contributed by atoms with Gasteiger partial charge in [0, 0.05) is 29.5 Å². The summed E-state index contributed by atoms with van der Waals surface area (Å²) in [7, 11) is 0. The molecule has 1 aliphatic rings. The number of hydrogen-bond acceptors (Lipinski definition) is 6. The van der Waals surface area contributed by atoms with Crippen LogP contribution in [0.15, 0.2) is 47.3 Å². The summed E-state index contributed by atoms with van der Waals surface area (Å²) in [4.78, 5) is 43.0. The van der Waals surface area contributed by atoms with Crippen molar-refractivity contribution < 1.29 is 9.59 Å². The molecule has 0 bridgehead atoms. The van der Waals surface area contributed by atoms with Crippen LogP contribution in [0, 0.1) is 0 Å². The van der Waals surface area contributed by atoms with Crippen LogP contribution in [-0.2, 0) is 13.0 Å². The Hall–Kier alpha value is -3.33. The fraction of sp³-hybridized carbons (Fsp3) is 0.167. The smallest absolute Gasteiger partial charge is 0.277 e. The standard InChI is InChI=1S/C18H15N5O3S/c24-15-7-6-13(21-22-15)16(25)20-18-19-12-8-9-23(10-14(12)27-18)17(26)11-4-2-1-3-5-11/h1-7H,8-10H2,(H,22,24)(H,19,20,25). The molecule has 2 N–H and O–H groups in total. The zero-order chi connectivity index (χ0) is 18.8. The number of rotatable bonds is 3. The van der Waals surface area contributed by atoms with Gasteiger partial charge in [-0.05, 0) is 18.2 Å². The average molecular weight is 381 g/mol. The van der Waals surface area contributed by atoms with Gasteiger partial charge in [-0.15, -0.1) is 0 Å². The first-order valence-electron chi connectivity index (χ1n) is 8.30. The third-order valence-corrected chi connectivity index (χ3v) is 5.17. The van der Waals surface area contributed by atoms with Crippen molar-refractivity contribution >= 4 is 28.3 Å². The highest BCUT2D eigenvalue weighted by Crippen LogP contribution is 2.29. The van der Waals surface area contributed by atoms with Gasteiger partial charge in [-0.2, -0.15) is 5.10 Å². The molecule has 136 valence electrons. The number of fused-ring (bicyclic) bond motifs is 1. The SMILES string of the molecule is O=C(Nc1nc2c(s1)CN(C(=O)c1ccccc1)CC2)c1ccc(=O)[nH]n1. The lowest BCUT2D eigenvalue weighted by Crippen LogP contribution is -2.35. The summed E-state index contributed by atoms with van der Waals surface area (Å²) in [6.07, 6.45) is 0.636. The Morgan fingerprint density at radius 2 is 1.96 bits per heavy atom. The normalized spacial score (nSPS) is 13.1. The van der Waals surface area contributed by atoms with E-state index in [2.05, 4.69) is 20.5 Å². The zero-order valence-corrected chi connectivity index (χ0v) is 15.0. The van der Waals surface area contributed by atoms with Gasteiger partial charge in [0.05, 0.1) is 12.2 Å². The summed E-state index contributed by atoms with van der Waals surface area (Å²) in [5.41, 5.74) is 1.27. The zero-order valence-electron chi connectivity index (χ0n) is 14.1. The number of aromatic nitrogens is 3. The van der Waals surface area contributed by atoms with Crippen LogP contribution in [0.1, 0.15) is 31.4 Å². The van der Waals surface area contributed by atoms with E-state index in [-0.39, 0.29) is 17.2 Å². The molecular weight excluding hydrogens is 366 g/mol. The van der Waals surface area contributed by atoms with E-state index in [4.69, 9.17) is 0 Å². The Bertz CT molecular complexity index is 1040. The lowest BCUT2D eigenvalue weighted by molar-refractivity contribution is 0.0736. The van der Waals surface area contributed by atoms with E-state index < -0.39 is 5.91 Å². The van der Waals surface area contributed by atoms with Crippen LogP contribution in [0.2, 0.25) is 0 Å². The van der Waals surface area contributed by atoms with Crippen LogP contribution >= 0.6 is 11.3 Å². The van der Waals surface area contributed by atoms with E-state index in [0.717, 1.165) is 10.6 Å². The molecule has 3 heterocycles. The van der Waals surface area contributed by atoms with Crippen molar-refractivity contribution in [3.8, 4) is 0 Å². The third kappa shape index (κ3) is 3.63. The lowest BCUT2D eigenvalue weighted by atomic mass is 10.1. The molecule has 8 nitrogen and oxygen atoms in total. The minimum absolute atomic E-state index is 0.0160. The molecule has 3 aromatic rings. The molecule has 2 aromatic heterocycles. The molecule has 0 unspecified atom stereocenters. The Balaban J connectivity index is 1.47. The van der Waals surface area contributed by atoms with E-state index in [1.54, 1.807) is 17.0 Å². The number of nitrogens with one attached hydrogen (secondary N) is 2. The third-order valence-electron chi connectivity index (χ3n) is 4.17. The monoisotopic (exact) mass is 381 g/mol. The first kappa shape index (κ1) is 17.1. The van der Waals surface area contributed by atoms with Gasteiger partial charge in [-0.25, -0.2) is 10.1 Å². The van der Waals surface area contributed by atoms with Crippen molar-refractivity contribution in [2.75, 3.05) is 11.9 Å². The molecule has 1 aromatic carbocycles. The van der Waals surface area contributed by atoms with Gasteiger partial charge in [-0.1, -0.05) is 29.5 Å². The van der Waals surface area contributed by atoms with Crippen molar-refractivity contribution in [2.45, 2.75) is 13.0 Å². The van der Waals surface area contributed by atoms with Crippen LogP contribution in [0.5, 0.6) is 0 Å². The van der Waals surface area contributed by atoms with E-state index in [1.807, 2.05) is 18.2 Å². The average Bonchev–Trinajstić information content (AvgIpc) is 3.10. The van der Waals surface area contributed by atoms with Gasteiger partial charge in [0.15, 0.2) is 5.13 Å². The van der Waals surface area contributed by atoms with Gasteiger partial charge in [0.1, 0.15) is 5.69 Å². The van der Waals surface area contributed by atoms with Crippen LogP contribution in [-0.4, -0.2) is 38.4 Å². The second kappa shape index (κ2) is 7.12. The second-order valence-corrected chi connectivity index (χ2v) is 7.08. The minimum Gasteiger partial charge on any atom is -0.333 e. The number of nitrogens with zero attached hydrogens (tertiary/aromatic N) is 3. The Morgan fingerprint density at radius 3 is 2.70 bits per heavy atom. The molecule has 0 saturated heterocycles. The van der Waals surface area contributed by atoms with E-state index in [1.165, 1.54) is 23.5 Å². The predicted octanol–water partition coefficient (Wildman–Crippen LogP) is 1.68. The molecule has 1 aliphatic heterocycles. The summed E-state index contributed by atoms with van der Waals surface area (Å²) < 4.78 is 0. The predicted molar refractivity (Wildman–Crippen MR) is 99.8 cm³/mol. The summed E-state index contributed by atoms with van der Waals surface area (Å²) in [6, 6.07) is 11.7. The van der Waals surface area contributed by atoms with Crippen LogP contribution < -0.4 is 10.9 Å². The van der Waals surface area contributed by atoms with Crippen LogP contribution in [0.4, 0.5) is 5.13 Å². The molecule has 0 atom stereocenters. The van der Waals surface area contributed by atoms with Gasteiger partial charge in [0.2, 0.25) is 0 Å². The second-order valence-electron chi connectivity index (χ2n) is 5.99. The number of anilines is 1. The van der Waals surface area contributed by atoms with Crippen molar-refractivity contribution in [1.29, 1.82) is 0 Å². The molecule has 0 fully saturated rings. The van der Waals surface area contributed by atoms with Crippen LogP contribution in [0.3, 0.4) is 0 Å². The number of amides is 2. The molecular formula is C18H15N5O3S. The van der Waals surface area contributed by atoms with E-state index in [9.17, 15) is 14.4 Å². The number of aromatic amines is 1. The molecule has 0 saturated carbocycles. The summed E-state index contributed by atoms with van der Waals surface area (Å²) in [5.74, 6) is -0.466. The Morgan fingerprint density at radius 1 is 1.15 bits per heavy atom. The van der Waals surface area contributed by atoms with Gasteiger partial charge < -0.3 is 4.90 Å². The largest absolute Gasteiger partial charge is 0.333 e. The maximum atomic E-state index is 12.6. The van der Waals surface area contributed by atoms with Crippen molar-refractivity contribution in [2.24, 2.45) is 0 Å². The lowest BCUT2D eigenvalue weighted by Gasteiger charge is -2.26. The van der Waals surface area contributed by atoms with Gasteiger partial charge in [0.25, 0.3) is 17.4 Å². The van der Waals surface area contributed by atoms with Crippen molar-refractivity contribution in [3.05, 3.63) is 74.6 Å². The summed E-state index contributed by atoms with van der Waals surface area (Å²) in [6.45, 7) is 1.05. The molecule has 0 aliphatic carbocycles. The highest BCUT2D eigenvalue weighted by Gasteiger charge is 2.25. The fourth-order valence-electron chi connectivity index (χ4n) is 2.82. The highest BCUT2D eigenvalue weighted by atomic mass is 32.1. The number of hydrogen-bond donors (Lipinski definition) is 2. The Labute approximate surface area is 157 Å². The summed E-state index contributed by atoms with van der Waals surface area (Å²) >= 11 is 1.34. The van der Waals surface area contributed by atoms with Crippen molar-refractivity contribution in [1.82, 2.24) is 20.1 Å². The summed E-state index contributed by atoms with van der Waals surface area (Å²) in [5, 5.41) is 9.06. The van der Waals surface area contributed by atoms with Crippen molar-refractivity contribution in [3.63, 3.8) is 0 Å². The number of benzene rings is 1. The number of H-pyrrole nitrogens is 1. The van der Waals surface area contributed by atoms with Crippen LogP contribution in [0.25, 0.3) is 0 Å².